The molecule has 0 aliphatic rings. The molecule has 0 radical (unpaired) electrons. The first-order valence-electron chi connectivity index (χ1n) is 4.92. The Morgan fingerprint density at radius 1 is 1.22 bits per heavy atom. The maximum absolute atomic E-state index is 13.4. The summed E-state index contributed by atoms with van der Waals surface area (Å²) in [5.74, 6) is -1.97. The van der Waals surface area contributed by atoms with Crippen LogP contribution in [0.25, 0.3) is 0 Å². The van der Waals surface area contributed by atoms with Crippen molar-refractivity contribution >= 4 is 17.4 Å². The Kier molecular flexibility index (Phi) is 3.57. The van der Waals surface area contributed by atoms with Crippen molar-refractivity contribution in [1.82, 2.24) is 9.97 Å². The summed E-state index contributed by atoms with van der Waals surface area (Å²) in [6, 6.07) is 2.13. The third kappa shape index (κ3) is 2.65. The minimum atomic E-state index is -0.911. The van der Waals surface area contributed by atoms with Crippen LogP contribution in [0.4, 0.5) is 14.6 Å². The number of halogens is 3. The number of rotatable bonds is 3. The van der Waals surface area contributed by atoms with Gasteiger partial charge in [-0.05, 0) is 0 Å². The van der Waals surface area contributed by atoms with E-state index in [9.17, 15) is 8.78 Å². The molecule has 18 heavy (non-hydrogen) atoms. The lowest BCUT2D eigenvalue weighted by Crippen LogP contribution is -2.01. The standard InChI is InChI=1S/C11H8ClF2N3O/c1-15-10-8(13)3-9(14)11(17-10)18-7-2-6(12)4-16-5-7/h2-5H,1H3,(H,15,17). The SMILES string of the molecule is CNc1nc(Oc2cncc(Cl)c2)c(F)cc1F. The zero-order valence-corrected chi connectivity index (χ0v) is 10.0. The van der Waals surface area contributed by atoms with E-state index in [0.29, 0.717) is 11.1 Å². The molecule has 7 heteroatoms. The Balaban J connectivity index is 2.34. The number of nitrogens with one attached hydrogen (secondary N) is 1. The van der Waals surface area contributed by atoms with Crippen molar-refractivity contribution < 1.29 is 13.5 Å². The highest BCUT2D eigenvalue weighted by atomic mass is 35.5. The molecule has 0 aromatic carbocycles. The molecule has 0 aliphatic heterocycles. The van der Waals surface area contributed by atoms with Gasteiger partial charge in [-0.1, -0.05) is 11.6 Å². The molecule has 94 valence electrons. The van der Waals surface area contributed by atoms with Crippen molar-refractivity contribution in [3.63, 3.8) is 0 Å². The largest absolute Gasteiger partial charge is 0.435 e. The van der Waals surface area contributed by atoms with Crippen LogP contribution < -0.4 is 10.1 Å². The van der Waals surface area contributed by atoms with E-state index in [0.717, 1.165) is 0 Å². The molecule has 2 aromatic heterocycles. The maximum atomic E-state index is 13.4. The van der Waals surface area contributed by atoms with Crippen LogP contribution in [-0.4, -0.2) is 17.0 Å². The van der Waals surface area contributed by atoms with E-state index in [1.165, 1.54) is 25.5 Å². The van der Waals surface area contributed by atoms with Gasteiger partial charge in [0.25, 0.3) is 5.88 Å². The van der Waals surface area contributed by atoms with E-state index in [2.05, 4.69) is 15.3 Å². The predicted octanol–water partition coefficient (Wildman–Crippen LogP) is 3.24. The second kappa shape index (κ2) is 5.14. The van der Waals surface area contributed by atoms with Gasteiger partial charge in [-0.2, -0.15) is 4.98 Å². The summed E-state index contributed by atoms with van der Waals surface area (Å²) in [6.07, 6.45) is 2.75. The number of hydrogen-bond acceptors (Lipinski definition) is 4. The molecular formula is C11H8ClF2N3O. The van der Waals surface area contributed by atoms with Crippen LogP contribution in [0.1, 0.15) is 0 Å². The topological polar surface area (TPSA) is 47.0 Å². The van der Waals surface area contributed by atoms with Crippen LogP contribution in [0.2, 0.25) is 5.02 Å². The summed E-state index contributed by atoms with van der Waals surface area (Å²) in [7, 11) is 1.47. The Labute approximate surface area is 107 Å². The molecule has 0 amide bonds. The molecule has 0 aliphatic carbocycles. The van der Waals surface area contributed by atoms with Crippen molar-refractivity contribution in [2.75, 3.05) is 12.4 Å². The van der Waals surface area contributed by atoms with Crippen molar-refractivity contribution in [2.24, 2.45) is 0 Å². The van der Waals surface area contributed by atoms with Crippen LogP contribution >= 0.6 is 11.6 Å². The van der Waals surface area contributed by atoms with Crippen molar-refractivity contribution in [3.05, 3.63) is 41.2 Å². The average Bonchev–Trinajstić information content (AvgIpc) is 2.33. The van der Waals surface area contributed by atoms with Gasteiger partial charge < -0.3 is 10.1 Å². The second-order valence-corrected chi connectivity index (χ2v) is 3.73. The van der Waals surface area contributed by atoms with Gasteiger partial charge in [0.1, 0.15) is 5.75 Å². The number of anilines is 1. The molecule has 2 aromatic rings. The Bertz CT molecular complexity index is 580. The summed E-state index contributed by atoms with van der Waals surface area (Å²) < 4.78 is 31.8. The highest BCUT2D eigenvalue weighted by Gasteiger charge is 2.13. The van der Waals surface area contributed by atoms with Gasteiger partial charge in [-0.3, -0.25) is 4.98 Å². The second-order valence-electron chi connectivity index (χ2n) is 3.30. The molecule has 0 saturated heterocycles. The highest BCUT2D eigenvalue weighted by molar-refractivity contribution is 6.30. The zero-order valence-electron chi connectivity index (χ0n) is 9.25. The first-order valence-corrected chi connectivity index (χ1v) is 5.30. The van der Waals surface area contributed by atoms with Crippen LogP contribution in [-0.2, 0) is 0 Å². The lowest BCUT2D eigenvalue weighted by atomic mass is 10.4. The van der Waals surface area contributed by atoms with Crippen LogP contribution in [0.15, 0.2) is 24.5 Å². The Morgan fingerprint density at radius 3 is 2.67 bits per heavy atom. The smallest absolute Gasteiger partial charge is 0.258 e. The molecule has 2 heterocycles. The maximum Gasteiger partial charge on any atom is 0.258 e. The fraction of sp³-hybridized carbons (Fsp3) is 0.0909. The Hall–Kier alpha value is -1.95. The summed E-state index contributed by atoms with van der Waals surface area (Å²) in [4.78, 5) is 7.43. The van der Waals surface area contributed by atoms with E-state index < -0.39 is 11.6 Å². The van der Waals surface area contributed by atoms with Crippen molar-refractivity contribution in [3.8, 4) is 11.6 Å². The van der Waals surface area contributed by atoms with Gasteiger partial charge in [0, 0.05) is 25.4 Å². The molecule has 0 bridgehead atoms. The number of nitrogens with zero attached hydrogens (tertiary/aromatic N) is 2. The number of aromatic nitrogens is 2. The third-order valence-corrected chi connectivity index (χ3v) is 2.24. The van der Waals surface area contributed by atoms with E-state index in [-0.39, 0.29) is 17.4 Å². The fourth-order valence-electron chi connectivity index (χ4n) is 1.26. The van der Waals surface area contributed by atoms with E-state index >= 15 is 0 Å². The number of ether oxygens (including phenoxy) is 1. The first kappa shape index (κ1) is 12.5. The average molecular weight is 272 g/mol. The zero-order chi connectivity index (χ0) is 13.1. The van der Waals surface area contributed by atoms with E-state index in [4.69, 9.17) is 16.3 Å². The quantitative estimate of drug-likeness (QED) is 0.931. The molecule has 0 saturated carbocycles. The molecule has 0 fully saturated rings. The van der Waals surface area contributed by atoms with Gasteiger partial charge in [-0.15, -0.1) is 0 Å². The van der Waals surface area contributed by atoms with Crippen LogP contribution in [0, 0.1) is 11.6 Å². The first-order chi connectivity index (χ1) is 8.60. The molecule has 2 rings (SSSR count). The Morgan fingerprint density at radius 2 is 2.00 bits per heavy atom. The number of hydrogen-bond donors (Lipinski definition) is 1. The normalized spacial score (nSPS) is 10.2. The minimum Gasteiger partial charge on any atom is -0.435 e. The summed E-state index contributed by atoms with van der Waals surface area (Å²) in [5, 5.41) is 2.82. The van der Waals surface area contributed by atoms with Gasteiger partial charge in [0.15, 0.2) is 17.5 Å². The highest BCUT2D eigenvalue weighted by Crippen LogP contribution is 2.26. The van der Waals surface area contributed by atoms with Crippen molar-refractivity contribution in [1.29, 1.82) is 0 Å². The molecule has 0 unspecified atom stereocenters. The summed E-state index contributed by atoms with van der Waals surface area (Å²) in [5.41, 5.74) is 0. The molecule has 1 N–H and O–H groups in total. The molecule has 0 atom stereocenters. The predicted molar refractivity (Wildman–Crippen MR) is 63.0 cm³/mol. The molecule has 0 spiro atoms. The van der Waals surface area contributed by atoms with Gasteiger partial charge in [0.2, 0.25) is 0 Å². The van der Waals surface area contributed by atoms with E-state index in [1.54, 1.807) is 0 Å². The van der Waals surface area contributed by atoms with Crippen LogP contribution in [0.5, 0.6) is 11.6 Å². The van der Waals surface area contributed by atoms with Crippen LogP contribution in [0.3, 0.4) is 0 Å². The molecule has 4 nitrogen and oxygen atoms in total. The third-order valence-electron chi connectivity index (χ3n) is 2.03. The van der Waals surface area contributed by atoms with Gasteiger partial charge in [-0.25, -0.2) is 8.78 Å². The van der Waals surface area contributed by atoms with E-state index in [1.807, 2.05) is 0 Å². The lowest BCUT2D eigenvalue weighted by Gasteiger charge is -2.08. The number of pyridine rings is 2. The summed E-state index contributed by atoms with van der Waals surface area (Å²) >= 11 is 5.71. The van der Waals surface area contributed by atoms with Crippen molar-refractivity contribution in [2.45, 2.75) is 0 Å². The fourth-order valence-corrected chi connectivity index (χ4v) is 1.42. The van der Waals surface area contributed by atoms with Gasteiger partial charge in [0.05, 0.1) is 11.2 Å². The monoisotopic (exact) mass is 271 g/mol. The minimum absolute atomic E-state index is 0.110. The lowest BCUT2D eigenvalue weighted by molar-refractivity contribution is 0.416. The summed E-state index contributed by atoms with van der Waals surface area (Å²) in [6.45, 7) is 0. The van der Waals surface area contributed by atoms with Gasteiger partial charge >= 0.3 is 0 Å². The molecular weight excluding hydrogens is 264 g/mol.